The number of benzene rings is 2. The first kappa shape index (κ1) is 28.4. The van der Waals surface area contributed by atoms with Gasteiger partial charge in [-0.3, -0.25) is 9.78 Å². The second-order valence-electron chi connectivity index (χ2n) is 10.3. The van der Waals surface area contributed by atoms with E-state index >= 15 is 0 Å². The number of anilines is 3. The van der Waals surface area contributed by atoms with Crippen LogP contribution < -0.4 is 25.1 Å². The number of Topliss-reactive ketones (excluding diaryl/α,β-unsaturated/α-hetero) is 1. The SMILES string of the molecule is CC1=C(O)C(Nc2ccc(NCCCn3cc[n+](C)c3)cc2)=CC(=Nc2ccc(NCCC[n+]3cc[nH]c3)cc2)C1=O. The number of aryl methyl sites for hydroxylation is 3. The highest BCUT2D eigenvalue weighted by atomic mass is 16.3. The Kier molecular flexibility index (Phi) is 9.13. The third-order valence-electron chi connectivity index (χ3n) is 7.02. The number of ketones is 1. The number of aromatic nitrogens is 4. The number of nitrogens with zero attached hydrogens (tertiary/aromatic N) is 4. The van der Waals surface area contributed by atoms with Crippen molar-refractivity contribution in [1.82, 2.24) is 9.55 Å². The van der Waals surface area contributed by atoms with Gasteiger partial charge in [-0.2, -0.15) is 0 Å². The lowest BCUT2D eigenvalue weighted by atomic mass is 9.99. The van der Waals surface area contributed by atoms with Crippen molar-refractivity contribution in [2.45, 2.75) is 32.9 Å². The number of carbonyl (C=O) groups excluding carboxylic acids is 1. The molecule has 0 radical (unpaired) electrons. The molecule has 0 aliphatic heterocycles. The van der Waals surface area contributed by atoms with Gasteiger partial charge < -0.3 is 21.1 Å². The Morgan fingerprint density at radius 2 is 1.64 bits per heavy atom. The van der Waals surface area contributed by atoms with Crippen molar-refractivity contribution < 1.29 is 19.0 Å². The highest BCUT2D eigenvalue weighted by Gasteiger charge is 2.24. The van der Waals surface area contributed by atoms with E-state index in [2.05, 4.69) is 47.6 Å². The van der Waals surface area contributed by atoms with Crippen LogP contribution in [0.2, 0.25) is 0 Å². The van der Waals surface area contributed by atoms with Crippen LogP contribution in [0.15, 0.2) is 114 Å². The molecule has 2 aromatic heterocycles. The van der Waals surface area contributed by atoms with E-state index in [1.165, 1.54) is 0 Å². The Hall–Kier alpha value is -5.12. The summed E-state index contributed by atoms with van der Waals surface area (Å²) >= 11 is 0. The number of imidazole rings is 2. The van der Waals surface area contributed by atoms with E-state index in [1.54, 1.807) is 13.0 Å². The topological polar surface area (TPSA) is 114 Å². The predicted molar refractivity (Wildman–Crippen MR) is 165 cm³/mol. The summed E-state index contributed by atoms with van der Waals surface area (Å²) in [5.41, 5.74) is 4.43. The van der Waals surface area contributed by atoms with Crippen molar-refractivity contribution in [2.24, 2.45) is 12.0 Å². The second-order valence-corrected chi connectivity index (χ2v) is 10.3. The smallest absolute Gasteiger partial charge is 0.243 e. The summed E-state index contributed by atoms with van der Waals surface area (Å²) in [5.74, 6) is -0.368. The van der Waals surface area contributed by atoms with Crippen LogP contribution in [0.4, 0.5) is 22.7 Å². The fourth-order valence-corrected chi connectivity index (χ4v) is 4.65. The summed E-state index contributed by atoms with van der Waals surface area (Å²) < 4.78 is 6.30. The van der Waals surface area contributed by atoms with Crippen molar-refractivity contribution in [2.75, 3.05) is 29.0 Å². The molecule has 0 saturated carbocycles. The first-order chi connectivity index (χ1) is 20.4. The number of hydrogen-bond donors (Lipinski definition) is 5. The maximum Gasteiger partial charge on any atom is 0.243 e. The summed E-state index contributed by atoms with van der Waals surface area (Å²) in [5, 5.41) is 20.8. The van der Waals surface area contributed by atoms with Crippen molar-refractivity contribution >= 4 is 34.2 Å². The number of hydrogen-bond acceptors (Lipinski definition) is 6. The molecule has 0 unspecified atom stereocenters. The summed E-state index contributed by atoms with van der Waals surface area (Å²) in [6, 6.07) is 15.5. The fourth-order valence-electron chi connectivity index (χ4n) is 4.65. The Balaban J connectivity index is 1.16. The third kappa shape index (κ3) is 7.54. The van der Waals surface area contributed by atoms with E-state index < -0.39 is 0 Å². The molecule has 10 heteroatoms. The Morgan fingerprint density at radius 3 is 2.31 bits per heavy atom. The molecule has 2 heterocycles. The number of aliphatic hydroxyl groups is 1. The molecule has 5 rings (SSSR count). The summed E-state index contributed by atoms with van der Waals surface area (Å²) in [6.07, 6.45) is 15.6. The van der Waals surface area contributed by atoms with E-state index in [0.717, 1.165) is 56.1 Å². The highest BCUT2D eigenvalue weighted by molar-refractivity contribution is 6.51. The third-order valence-corrected chi connectivity index (χ3v) is 7.02. The molecule has 42 heavy (non-hydrogen) atoms. The molecule has 0 amide bonds. The van der Waals surface area contributed by atoms with Crippen molar-refractivity contribution in [3.63, 3.8) is 0 Å². The zero-order valence-electron chi connectivity index (χ0n) is 24.0. The van der Waals surface area contributed by atoms with Crippen molar-refractivity contribution in [3.8, 4) is 0 Å². The molecule has 0 atom stereocenters. The molecule has 0 bridgehead atoms. The normalized spacial score (nSPS) is 14.3. The van der Waals surface area contributed by atoms with Gasteiger partial charge in [0.1, 0.15) is 36.3 Å². The minimum absolute atomic E-state index is 0.0723. The number of aliphatic imine (C=N–C) groups is 1. The maximum atomic E-state index is 12.9. The zero-order valence-corrected chi connectivity index (χ0v) is 24.0. The van der Waals surface area contributed by atoms with Crippen LogP contribution in [0.25, 0.3) is 0 Å². The Morgan fingerprint density at radius 1 is 0.952 bits per heavy atom. The molecule has 4 aromatic rings. The number of nitrogens with one attached hydrogen (secondary N) is 4. The molecule has 10 nitrogen and oxygen atoms in total. The Bertz CT molecular complexity index is 1580. The molecule has 0 fully saturated rings. The van der Waals surface area contributed by atoms with Crippen LogP contribution in [0.1, 0.15) is 19.8 Å². The number of aliphatic hydroxyl groups excluding tert-OH is 1. The van der Waals surface area contributed by atoms with Gasteiger partial charge in [-0.25, -0.2) is 18.7 Å². The first-order valence-electron chi connectivity index (χ1n) is 14.2. The van der Waals surface area contributed by atoms with Gasteiger partial charge in [0, 0.05) is 48.6 Å². The summed E-state index contributed by atoms with van der Waals surface area (Å²) in [6.45, 7) is 5.19. The van der Waals surface area contributed by atoms with E-state index in [9.17, 15) is 9.90 Å². The van der Waals surface area contributed by atoms with E-state index in [1.807, 2.05) is 85.1 Å². The van der Waals surface area contributed by atoms with Crippen LogP contribution in [-0.2, 0) is 24.9 Å². The number of rotatable bonds is 13. The van der Waals surface area contributed by atoms with Gasteiger partial charge >= 0.3 is 0 Å². The molecule has 216 valence electrons. The van der Waals surface area contributed by atoms with Crippen LogP contribution in [0.5, 0.6) is 0 Å². The van der Waals surface area contributed by atoms with Gasteiger partial charge in [-0.05, 0) is 61.5 Å². The average molecular weight is 567 g/mol. The van der Waals surface area contributed by atoms with E-state index in [4.69, 9.17) is 0 Å². The summed E-state index contributed by atoms with van der Waals surface area (Å²) in [4.78, 5) is 20.5. The molecule has 0 spiro atoms. The van der Waals surface area contributed by atoms with Crippen molar-refractivity contribution in [3.05, 3.63) is 109 Å². The van der Waals surface area contributed by atoms with Gasteiger partial charge in [0.05, 0.1) is 31.5 Å². The molecular formula is C32H38N8O2+2. The molecule has 1 aliphatic carbocycles. The van der Waals surface area contributed by atoms with E-state index in [0.29, 0.717) is 11.4 Å². The van der Waals surface area contributed by atoms with Crippen molar-refractivity contribution in [1.29, 1.82) is 0 Å². The molecular weight excluding hydrogens is 528 g/mol. The predicted octanol–water partition coefficient (Wildman–Crippen LogP) is 4.42. The standard InChI is InChI=1S/C32H36N8O2/c1-24-31(41)29(36-27-9-5-25(6-10-27)34-13-3-16-39-18-15-33-22-39)21-30(32(24)42)37-28-11-7-26(8-12-28)35-14-4-17-40-20-19-38(2)23-40/h5-12,15,18-23H,3-4,13-14,16-17H2,1-2H3,(H3-,34,35,36,37,41,42)/p+2. The van der Waals surface area contributed by atoms with Crippen LogP contribution in [0.3, 0.4) is 0 Å². The number of carbonyl (C=O) groups is 1. The van der Waals surface area contributed by atoms with Gasteiger partial charge in [-0.15, -0.1) is 0 Å². The van der Waals surface area contributed by atoms with Gasteiger partial charge in [-0.1, -0.05) is 0 Å². The molecule has 1 aliphatic rings. The first-order valence-corrected chi connectivity index (χ1v) is 14.2. The Labute approximate surface area is 245 Å². The quantitative estimate of drug-likeness (QED) is 0.0934. The van der Waals surface area contributed by atoms with E-state index in [-0.39, 0.29) is 22.8 Å². The lowest BCUT2D eigenvalue weighted by molar-refractivity contribution is -0.695. The largest absolute Gasteiger partial charge is 0.505 e. The fraction of sp³-hybridized carbons (Fsp3) is 0.250. The van der Waals surface area contributed by atoms with Gasteiger partial charge in [0.25, 0.3) is 0 Å². The van der Waals surface area contributed by atoms with Gasteiger partial charge in [0.15, 0.2) is 0 Å². The summed E-state index contributed by atoms with van der Waals surface area (Å²) in [7, 11) is 2.01. The average Bonchev–Trinajstić information content (AvgIpc) is 3.68. The monoisotopic (exact) mass is 566 g/mol. The maximum absolute atomic E-state index is 12.9. The van der Waals surface area contributed by atoms with Crippen LogP contribution in [0, 0.1) is 0 Å². The second kappa shape index (κ2) is 13.5. The minimum Gasteiger partial charge on any atom is -0.505 e. The highest BCUT2D eigenvalue weighted by Crippen LogP contribution is 2.25. The van der Waals surface area contributed by atoms with Gasteiger partial charge in [0.2, 0.25) is 18.4 Å². The van der Waals surface area contributed by atoms with Crippen LogP contribution >= 0.6 is 0 Å². The zero-order chi connectivity index (χ0) is 29.3. The molecule has 5 N–H and O–H groups in total. The van der Waals surface area contributed by atoms with Crippen LogP contribution in [-0.4, -0.2) is 39.2 Å². The molecule has 2 aromatic carbocycles. The minimum atomic E-state index is -0.296. The number of aromatic amines is 1. The number of allylic oxidation sites excluding steroid dienone is 2. The lowest BCUT2D eigenvalue weighted by Crippen LogP contribution is -2.31. The number of H-pyrrole nitrogens is 1. The lowest BCUT2D eigenvalue weighted by Gasteiger charge is -2.18. The molecule has 0 saturated heterocycles.